The summed E-state index contributed by atoms with van der Waals surface area (Å²) in [5, 5.41) is 17.1. The topological polar surface area (TPSA) is 57.5 Å². The second-order valence-electron chi connectivity index (χ2n) is 2.11. The number of benzene rings is 1. The van der Waals surface area contributed by atoms with E-state index >= 15 is 0 Å². The van der Waals surface area contributed by atoms with E-state index in [1.807, 2.05) is 0 Å². The van der Waals surface area contributed by atoms with Crippen molar-refractivity contribution in [2.24, 2.45) is 0 Å². The summed E-state index contributed by atoms with van der Waals surface area (Å²) in [5.41, 5.74) is 0. The van der Waals surface area contributed by atoms with Crippen molar-refractivity contribution in [3.8, 4) is 5.75 Å². The Bertz CT molecular complexity index is 301. The molecule has 0 atom stereocenters. The van der Waals surface area contributed by atoms with Gasteiger partial charge in [-0.2, -0.15) is 0 Å². The van der Waals surface area contributed by atoms with Crippen LogP contribution in [0.15, 0.2) is 18.2 Å². The SMILES string of the molecule is CC(=O)O.Oc1ccc(Cl)cc1Cl.[Sm]. The molecule has 1 aromatic rings. The molecule has 0 heterocycles. The summed E-state index contributed by atoms with van der Waals surface area (Å²) in [6.07, 6.45) is 0. The molecule has 0 aliphatic rings. The van der Waals surface area contributed by atoms with Crippen molar-refractivity contribution < 1.29 is 55.4 Å². The summed E-state index contributed by atoms with van der Waals surface area (Å²) >= 11 is 11.0. The van der Waals surface area contributed by atoms with E-state index < -0.39 is 5.97 Å². The van der Waals surface area contributed by atoms with Gasteiger partial charge in [0, 0.05) is 52.3 Å². The Morgan fingerprint density at radius 1 is 1.36 bits per heavy atom. The zero-order valence-electron chi connectivity index (χ0n) is 7.20. The maximum atomic E-state index is 9.00. The molecule has 0 aromatic heterocycles. The van der Waals surface area contributed by atoms with Crippen molar-refractivity contribution in [1.82, 2.24) is 0 Å². The van der Waals surface area contributed by atoms with E-state index in [2.05, 4.69) is 0 Å². The molecular weight excluding hydrogens is 365 g/mol. The number of carboxylic acid groups (broad SMARTS) is 1. The van der Waals surface area contributed by atoms with Crippen LogP contribution in [-0.4, -0.2) is 16.2 Å². The van der Waals surface area contributed by atoms with E-state index in [1.54, 1.807) is 6.07 Å². The summed E-state index contributed by atoms with van der Waals surface area (Å²) in [6.45, 7) is 1.08. The van der Waals surface area contributed by atoms with Crippen LogP contribution in [0.1, 0.15) is 6.92 Å². The third-order valence-electron chi connectivity index (χ3n) is 0.910. The maximum absolute atomic E-state index is 9.00. The van der Waals surface area contributed by atoms with E-state index in [0.717, 1.165) is 6.92 Å². The largest absolute Gasteiger partial charge is 0.506 e. The monoisotopic (exact) mass is 374 g/mol. The molecule has 2 N–H and O–H groups in total. The molecule has 1 aromatic carbocycles. The summed E-state index contributed by atoms with van der Waals surface area (Å²) in [7, 11) is 0. The normalized spacial score (nSPS) is 7.93. The Morgan fingerprint density at radius 3 is 2.07 bits per heavy atom. The third-order valence-corrected chi connectivity index (χ3v) is 1.45. The molecular formula is C8H8Cl2O3Sm. The minimum absolute atomic E-state index is 0. The third kappa shape index (κ3) is 8.98. The van der Waals surface area contributed by atoms with Crippen LogP contribution in [0.25, 0.3) is 0 Å². The fourth-order valence-corrected chi connectivity index (χ4v) is 0.890. The first-order valence-corrected chi connectivity index (χ1v) is 4.02. The van der Waals surface area contributed by atoms with Gasteiger partial charge in [0.1, 0.15) is 5.75 Å². The number of halogens is 2. The summed E-state index contributed by atoms with van der Waals surface area (Å²) in [6, 6.07) is 4.51. The Hall–Kier alpha value is 0.408. The molecule has 14 heavy (non-hydrogen) atoms. The van der Waals surface area contributed by atoms with Crippen molar-refractivity contribution in [1.29, 1.82) is 0 Å². The molecule has 0 bridgehead atoms. The second kappa shape index (κ2) is 8.69. The Balaban J connectivity index is 0. The van der Waals surface area contributed by atoms with Crippen LogP contribution in [0, 0.1) is 40.4 Å². The van der Waals surface area contributed by atoms with Gasteiger partial charge in [0.15, 0.2) is 0 Å². The molecule has 1 rings (SSSR count). The number of rotatable bonds is 0. The van der Waals surface area contributed by atoms with Crippen molar-refractivity contribution in [3.63, 3.8) is 0 Å². The average molecular weight is 373 g/mol. The minimum Gasteiger partial charge on any atom is -0.506 e. The van der Waals surface area contributed by atoms with E-state index in [9.17, 15) is 0 Å². The number of phenols is 1. The molecule has 0 spiro atoms. The van der Waals surface area contributed by atoms with Crippen LogP contribution in [-0.2, 0) is 4.79 Å². The molecule has 0 saturated heterocycles. The molecule has 0 aliphatic heterocycles. The number of phenolic OH excluding ortho intramolecular Hbond substituents is 1. The van der Waals surface area contributed by atoms with Gasteiger partial charge in [-0.3, -0.25) is 4.79 Å². The predicted molar refractivity (Wildman–Crippen MR) is 51.4 cm³/mol. The molecule has 6 heteroatoms. The van der Waals surface area contributed by atoms with Crippen LogP contribution in [0.5, 0.6) is 5.75 Å². The molecule has 0 fully saturated rings. The molecule has 78 valence electrons. The first-order valence-electron chi connectivity index (χ1n) is 3.27. The fraction of sp³-hybridized carbons (Fsp3) is 0.125. The van der Waals surface area contributed by atoms with Crippen molar-refractivity contribution in [3.05, 3.63) is 28.2 Å². The second-order valence-corrected chi connectivity index (χ2v) is 2.96. The Labute approximate surface area is 124 Å². The molecule has 0 unspecified atom stereocenters. The first-order chi connectivity index (χ1) is 5.93. The maximum Gasteiger partial charge on any atom is 0.300 e. The number of carbonyl (C=O) groups is 1. The summed E-state index contributed by atoms with van der Waals surface area (Å²) in [4.78, 5) is 9.00. The van der Waals surface area contributed by atoms with E-state index in [-0.39, 0.29) is 51.2 Å². The van der Waals surface area contributed by atoms with Gasteiger partial charge in [-0.15, -0.1) is 0 Å². The van der Waals surface area contributed by atoms with Gasteiger partial charge in [0.05, 0.1) is 5.02 Å². The quantitative estimate of drug-likeness (QED) is 0.735. The van der Waals surface area contributed by atoms with E-state index in [1.165, 1.54) is 12.1 Å². The number of aliphatic carboxylic acids is 1. The standard InChI is InChI=1S/C6H4Cl2O.C2H4O2.Sm/c7-4-1-2-6(9)5(8)3-4;1-2(3)4;/h1-3,9H;1H3,(H,3,4);. The van der Waals surface area contributed by atoms with Crippen molar-refractivity contribution in [2.45, 2.75) is 6.92 Å². The van der Waals surface area contributed by atoms with Crippen molar-refractivity contribution in [2.75, 3.05) is 0 Å². The number of carboxylic acids is 1. The van der Waals surface area contributed by atoms with Crippen LogP contribution >= 0.6 is 23.2 Å². The molecule has 0 saturated carbocycles. The van der Waals surface area contributed by atoms with Gasteiger partial charge in [-0.25, -0.2) is 0 Å². The fourth-order valence-electron chi connectivity index (χ4n) is 0.481. The first kappa shape index (κ1) is 16.8. The number of hydrogen-bond donors (Lipinski definition) is 2. The average Bonchev–Trinajstić information content (AvgIpc) is 1.96. The molecule has 0 aliphatic carbocycles. The van der Waals surface area contributed by atoms with Crippen LogP contribution in [0.4, 0.5) is 0 Å². The van der Waals surface area contributed by atoms with Gasteiger partial charge in [-0.05, 0) is 18.2 Å². The number of hydrogen-bond acceptors (Lipinski definition) is 2. The zero-order valence-corrected chi connectivity index (χ0v) is 11.3. The van der Waals surface area contributed by atoms with Gasteiger partial charge >= 0.3 is 0 Å². The van der Waals surface area contributed by atoms with Gasteiger partial charge < -0.3 is 10.2 Å². The van der Waals surface area contributed by atoms with Gasteiger partial charge in [0.2, 0.25) is 0 Å². The van der Waals surface area contributed by atoms with Crippen LogP contribution < -0.4 is 0 Å². The summed E-state index contributed by atoms with van der Waals surface area (Å²) in [5.74, 6) is -0.777. The van der Waals surface area contributed by atoms with E-state index in [4.69, 9.17) is 38.2 Å². The molecule has 0 amide bonds. The molecule has 0 radical (unpaired) electrons. The van der Waals surface area contributed by atoms with Crippen LogP contribution in [0.2, 0.25) is 10.0 Å². The van der Waals surface area contributed by atoms with Crippen LogP contribution in [0.3, 0.4) is 0 Å². The predicted octanol–water partition coefficient (Wildman–Crippen LogP) is 2.79. The van der Waals surface area contributed by atoms with Crippen molar-refractivity contribution >= 4 is 29.2 Å². The Kier molecular flexibility index (Phi) is 10.4. The smallest absolute Gasteiger partial charge is 0.300 e. The van der Waals surface area contributed by atoms with Gasteiger partial charge in [0.25, 0.3) is 5.97 Å². The van der Waals surface area contributed by atoms with E-state index in [0.29, 0.717) is 5.02 Å². The number of aromatic hydroxyl groups is 1. The zero-order chi connectivity index (χ0) is 10.4. The van der Waals surface area contributed by atoms with Gasteiger partial charge in [-0.1, -0.05) is 23.2 Å². The Morgan fingerprint density at radius 2 is 1.79 bits per heavy atom. The molecule has 3 nitrogen and oxygen atoms in total. The summed E-state index contributed by atoms with van der Waals surface area (Å²) < 4.78 is 0. The minimum atomic E-state index is -0.833.